The minimum Gasteiger partial charge on any atom is -0.347 e. The van der Waals surface area contributed by atoms with Gasteiger partial charge in [0.25, 0.3) is 0 Å². The maximum Gasteiger partial charge on any atom is 0.111 e. The highest BCUT2D eigenvalue weighted by atomic mass is 15.1. The fourth-order valence-corrected chi connectivity index (χ4v) is 2.96. The highest BCUT2D eigenvalue weighted by Crippen LogP contribution is 2.38. The first-order valence-electron chi connectivity index (χ1n) is 7.47. The molecule has 1 fully saturated rings. The number of hydrogen-bond donors (Lipinski definition) is 0. The number of nitrogens with zero attached hydrogens (tertiary/aromatic N) is 3. The van der Waals surface area contributed by atoms with Crippen molar-refractivity contribution in [1.82, 2.24) is 14.1 Å². The lowest BCUT2D eigenvalue weighted by Gasteiger charge is -2.08. The molecule has 3 heteroatoms. The summed E-state index contributed by atoms with van der Waals surface area (Å²) in [5, 5.41) is 1.33. The molecule has 0 radical (unpaired) electrons. The second kappa shape index (κ2) is 4.82. The first-order chi connectivity index (χ1) is 9.92. The molecule has 0 N–H and O–H groups in total. The molecule has 0 saturated heterocycles. The molecule has 4 rings (SSSR count). The van der Waals surface area contributed by atoms with Gasteiger partial charge in [-0.15, -0.1) is 0 Å². The number of fused-ring (bicyclic) bond motifs is 1. The van der Waals surface area contributed by atoms with Crippen molar-refractivity contribution in [3.63, 3.8) is 0 Å². The highest BCUT2D eigenvalue weighted by molar-refractivity contribution is 5.79. The second-order valence-corrected chi connectivity index (χ2v) is 5.67. The third-order valence-electron chi connectivity index (χ3n) is 4.17. The zero-order valence-corrected chi connectivity index (χ0v) is 11.6. The molecular weight excluding hydrogens is 246 g/mol. The van der Waals surface area contributed by atoms with E-state index < -0.39 is 0 Å². The number of para-hydroxylation sites is 1. The fourth-order valence-electron chi connectivity index (χ4n) is 2.96. The van der Waals surface area contributed by atoms with Crippen LogP contribution in [-0.2, 0) is 13.1 Å². The van der Waals surface area contributed by atoms with Gasteiger partial charge in [0.05, 0.1) is 0 Å². The summed E-state index contributed by atoms with van der Waals surface area (Å²) >= 11 is 0. The fraction of sp³-hybridized carbons (Fsp3) is 0.353. The number of hydrogen-bond acceptors (Lipinski definition) is 1. The third kappa shape index (κ3) is 2.13. The van der Waals surface area contributed by atoms with E-state index in [-0.39, 0.29) is 0 Å². The molecule has 2 aromatic heterocycles. The summed E-state index contributed by atoms with van der Waals surface area (Å²) in [6.45, 7) is 2.13. The average molecular weight is 265 g/mol. The van der Waals surface area contributed by atoms with E-state index in [1.807, 2.05) is 6.20 Å². The summed E-state index contributed by atoms with van der Waals surface area (Å²) in [7, 11) is 0. The molecule has 0 bridgehead atoms. The summed E-state index contributed by atoms with van der Waals surface area (Å²) in [4.78, 5) is 4.50. The smallest absolute Gasteiger partial charge is 0.111 e. The van der Waals surface area contributed by atoms with Crippen LogP contribution in [0.1, 0.15) is 31.0 Å². The van der Waals surface area contributed by atoms with Gasteiger partial charge in [0, 0.05) is 43.1 Å². The Bertz CT molecular complexity index is 719. The van der Waals surface area contributed by atoms with E-state index in [9.17, 15) is 0 Å². The van der Waals surface area contributed by atoms with Crippen molar-refractivity contribution in [1.29, 1.82) is 0 Å². The molecule has 0 atom stereocenters. The molecule has 1 aromatic carbocycles. The first-order valence-corrected chi connectivity index (χ1v) is 7.47. The van der Waals surface area contributed by atoms with Gasteiger partial charge in [-0.25, -0.2) is 4.98 Å². The van der Waals surface area contributed by atoms with Crippen LogP contribution in [0.15, 0.2) is 48.9 Å². The molecule has 1 aliphatic carbocycles. The van der Waals surface area contributed by atoms with Crippen LogP contribution in [0.25, 0.3) is 10.9 Å². The van der Waals surface area contributed by atoms with Crippen LogP contribution < -0.4 is 0 Å². The number of aromatic nitrogens is 3. The van der Waals surface area contributed by atoms with E-state index in [1.165, 1.54) is 29.6 Å². The molecular formula is C17H19N3. The van der Waals surface area contributed by atoms with Gasteiger partial charge in [0.1, 0.15) is 5.82 Å². The monoisotopic (exact) mass is 265 g/mol. The van der Waals surface area contributed by atoms with Gasteiger partial charge in [-0.3, -0.25) is 0 Å². The second-order valence-electron chi connectivity index (χ2n) is 5.67. The lowest BCUT2D eigenvalue weighted by atomic mass is 10.2. The van der Waals surface area contributed by atoms with Gasteiger partial charge in [-0.1, -0.05) is 18.2 Å². The van der Waals surface area contributed by atoms with E-state index in [2.05, 4.69) is 56.8 Å². The maximum absolute atomic E-state index is 4.50. The van der Waals surface area contributed by atoms with E-state index in [4.69, 9.17) is 0 Å². The molecule has 20 heavy (non-hydrogen) atoms. The normalized spacial score (nSPS) is 15.0. The Balaban J connectivity index is 1.44. The van der Waals surface area contributed by atoms with Crippen molar-refractivity contribution >= 4 is 10.9 Å². The standard InChI is InChI=1S/C17H19N3/c1-2-5-16-14(4-1)8-12-19(16)10-3-11-20-13-9-18-17(20)15-6-7-15/h1-2,4-5,8-9,12-13,15H,3,6-7,10-11H2. The zero-order valence-electron chi connectivity index (χ0n) is 11.6. The van der Waals surface area contributed by atoms with E-state index in [0.29, 0.717) is 0 Å². The minimum atomic E-state index is 0.734. The van der Waals surface area contributed by atoms with Crippen LogP contribution in [0.4, 0.5) is 0 Å². The van der Waals surface area contributed by atoms with Crippen molar-refractivity contribution in [2.45, 2.75) is 38.3 Å². The van der Waals surface area contributed by atoms with Crippen molar-refractivity contribution in [2.75, 3.05) is 0 Å². The van der Waals surface area contributed by atoms with Gasteiger partial charge in [-0.05, 0) is 36.8 Å². The van der Waals surface area contributed by atoms with Crippen LogP contribution in [-0.4, -0.2) is 14.1 Å². The molecule has 1 saturated carbocycles. The van der Waals surface area contributed by atoms with Crippen LogP contribution in [0.3, 0.4) is 0 Å². The number of benzene rings is 1. The van der Waals surface area contributed by atoms with Gasteiger partial charge in [0.2, 0.25) is 0 Å². The summed E-state index contributed by atoms with van der Waals surface area (Å²) in [6, 6.07) is 10.8. The van der Waals surface area contributed by atoms with Crippen molar-refractivity contribution in [3.8, 4) is 0 Å². The van der Waals surface area contributed by atoms with E-state index in [0.717, 1.165) is 25.4 Å². The molecule has 102 valence electrons. The summed E-state index contributed by atoms with van der Waals surface area (Å²) in [6.07, 6.45) is 10.0. The van der Waals surface area contributed by atoms with Crippen molar-refractivity contribution < 1.29 is 0 Å². The van der Waals surface area contributed by atoms with Gasteiger partial charge >= 0.3 is 0 Å². The Morgan fingerprint density at radius 3 is 2.75 bits per heavy atom. The molecule has 1 aliphatic rings. The molecule has 3 aromatic rings. The van der Waals surface area contributed by atoms with Gasteiger partial charge in [-0.2, -0.15) is 0 Å². The van der Waals surface area contributed by atoms with E-state index in [1.54, 1.807) is 0 Å². The lowest BCUT2D eigenvalue weighted by Crippen LogP contribution is -2.05. The molecule has 0 spiro atoms. The maximum atomic E-state index is 4.50. The van der Waals surface area contributed by atoms with Gasteiger partial charge in [0.15, 0.2) is 0 Å². The summed E-state index contributed by atoms with van der Waals surface area (Å²) in [5.41, 5.74) is 1.33. The van der Waals surface area contributed by atoms with Crippen LogP contribution >= 0.6 is 0 Å². The Kier molecular flexibility index (Phi) is 2.84. The summed E-state index contributed by atoms with van der Waals surface area (Å²) in [5.74, 6) is 2.03. The molecule has 3 nitrogen and oxygen atoms in total. The van der Waals surface area contributed by atoms with Crippen molar-refractivity contribution in [2.24, 2.45) is 0 Å². The Labute approximate surface area is 118 Å². The number of imidazole rings is 1. The third-order valence-corrected chi connectivity index (χ3v) is 4.17. The van der Waals surface area contributed by atoms with E-state index >= 15 is 0 Å². The summed E-state index contributed by atoms with van der Waals surface area (Å²) < 4.78 is 4.69. The largest absolute Gasteiger partial charge is 0.347 e. The van der Waals surface area contributed by atoms with Crippen molar-refractivity contribution in [3.05, 3.63) is 54.7 Å². The number of aryl methyl sites for hydroxylation is 2. The SMILES string of the molecule is c1ccc2c(c1)ccn2CCCn1ccnc1C1CC1. The predicted octanol–water partition coefficient (Wildman–Crippen LogP) is 3.81. The molecule has 0 unspecified atom stereocenters. The molecule has 0 aliphatic heterocycles. The van der Waals surface area contributed by atoms with Crippen LogP contribution in [0.5, 0.6) is 0 Å². The van der Waals surface area contributed by atoms with Crippen LogP contribution in [0.2, 0.25) is 0 Å². The number of rotatable bonds is 5. The first kappa shape index (κ1) is 11.8. The van der Waals surface area contributed by atoms with Gasteiger partial charge < -0.3 is 9.13 Å². The predicted molar refractivity (Wildman–Crippen MR) is 80.8 cm³/mol. The molecule has 0 amide bonds. The lowest BCUT2D eigenvalue weighted by molar-refractivity contribution is 0.557. The molecule has 2 heterocycles. The Morgan fingerprint density at radius 1 is 1.00 bits per heavy atom. The Morgan fingerprint density at radius 2 is 1.85 bits per heavy atom. The zero-order chi connectivity index (χ0) is 13.4. The average Bonchev–Trinajstić information content (AvgIpc) is 3.08. The van der Waals surface area contributed by atoms with Crippen LogP contribution in [0, 0.1) is 0 Å². The quantitative estimate of drug-likeness (QED) is 0.688. The topological polar surface area (TPSA) is 22.8 Å². The minimum absolute atomic E-state index is 0.734. The highest BCUT2D eigenvalue weighted by Gasteiger charge is 2.27. The Hall–Kier alpha value is -2.03.